The fourth-order valence-electron chi connectivity index (χ4n) is 2.25. The summed E-state index contributed by atoms with van der Waals surface area (Å²) in [6.45, 7) is 1.95. The lowest BCUT2D eigenvalue weighted by molar-refractivity contribution is -0.115. The first kappa shape index (κ1) is 20.1. The number of rotatable bonds is 7. The SMILES string of the molecule is Cc1ccc(Nc2nnc(SCCC(=O)Nc3ccccc3C#N)s2)cc1Cl. The molecule has 1 heterocycles. The molecule has 28 heavy (non-hydrogen) atoms. The van der Waals surface area contributed by atoms with Gasteiger partial charge in [-0.2, -0.15) is 5.26 Å². The number of nitriles is 1. The first-order chi connectivity index (χ1) is 13.5. The van der Waals surface area contributed by atoms with Crippen molar-refractivity contribution in [1.29, 1.82) is 5.26 Å². The summed E-state index contributed by atoms with van der Waals surface area (Å²) in [6.07, 6.45) is 0.306. The quantitative estimate of drug-likeness (QED) is 0.499. The smallest absolute Gasteiger partial charge is 0.225 e. The van der Waals surface area contributed by atoms with Crippen molar-refractivity contribution in [3.8, 4) is 6.07 Å². The Balaban J connectivity index is 1.48. The number of halogens is 1. The molecule has 0 spiro atoms. The number of hydrogen-bond donors (Lipinski definition) is 2. The van der Waals surface area contributed by atoms with Gasteiger partial charge in [-0.3, -0.25) is 4.79 Å². The number of nitrogens with one attached hydrogen (secondary N) is 2. The average Bonchev–Trinajstić information content (AvgIpc) is 3.12. The standard InChI is InChI=1S/C19H16ClN5OS2/c1-12-6-7-14(10-15(12)20)22-18-24-25-19(28-18)27-9-8-17(26)23-16-5-3-2-4-13(16)11-21/h2-7,10H,8-9H2,1H3,(H,22,24)(H,23,26). The van der Waals surface area contributed by atoms with Crippen LogP contribution in [-0.2, 0) is 4.79 Å². The first-order valence-corrected chi connectivity index (χ1v) is 10.5. The number of hydrogen-bond acceptors (Lipinski definition) is 7. The van der Waals surface area contributed by atoms with E-state index in [1.807, 2.05) is 25.1 Å². The van der Waals surface area contributed by atoms with E-state index in [4.69, 9.17) is 16.9 Å². The maximum atomic E-state index is 12.1. The maximum Gasteiger partial charge on any atom is 0.225 e. The van der Waals surface area contributed by atoms with Crippen LogP contribution in [0.5, 0.6) is 0 Å². The van der Waals surface area contributed by atoms with Crippen LogP contribution in [0.3, 0.4) is 0 Å². The van der Waals surface area contributed by atoms with E-state index >= 15 is 0 Å². The Morgan fingerprint density at radius 1 is 1.29 bits per heavy atom. The van der Waals surface area contributed by atoms with Gasteiger partial charge in [-0.1, -0.05) is 52.9 Å². The Morgan fingerprint density at radius 3 is 2.89 bits per heavy atom. The van der Waals surface area contributed by atoms with E-state index < -0.39 is 0 Å². The molecule has 0 aliphatic heterocycles. The molecule has 6 nitrogen and oxygen atoms in total. The van der Waals surface area contributed by atoms with Crippen molar-refractivity contribution < 1.29 is 4.79 Å². The highest BCUT2D eigenvalue weighted by atomic mass is 35.5. The van der Waals surface area contributed by atoms with Gasteiger partial charge in [0.15, 0.2) is 4.34 Å². The molecule has 0 atom stereocenters. The normalized spacial score (nSPS) is 10.3. The summed E-state index contributed by atoms with van der Waals surface area (Å²) in [5.41, 5.74) is 2.83. The summed E-state index contributed by atoms with van der Waals surface area (Å²) in [4.78, 5) is 12.1. The summed E-state index contributed by atoms with van der Waals surface area (Å²) < 4.78 is 0.769. The zero-order valence-electron chi connectivity index (χ0n) is 14.9. The fourth-order valence-corrected chi connectivity index (χ4v) is 4.21. The van der Waals surface area contributed by atoms with Crippen molar-refractivity contribution >= 4 is 57.1 Å². The molecule has 3 aromatic rings. The molecule has 0 unspecified atom stereocenters. The first-order valence-electron chi connectivity index (χ1n) is 8.33. The summed E-state index contributed by atoms with van der Waals surface area (Å²) in [7, 11) is 0. The predicted octanol–water partition coefficient (Wildman–Crippen LogP) is 5.24. The number of para-hydroxylation sites is 1. The summed E-state index contributed by atoms with van der Waals surface area (Å²) in [5, 5.41) is 24.6. The van der Waals surface area contributed by atoms with Crippen LogP contribution < -0.4 is 10.6 Å². The van der Waals surface area contributed by atoms with Gasteiger partial charge in [0.1, 0.15) is 6.07 Å². The molecule has 1 aromatic heterocycles. The highest BCUT2D eigenvalue weighted by Crippen LogP contribution is 2.29. The van der Waals surface area contributed by atoms with Crippen molar-refractivity contribution in [1.82, 2.24) is 10.2 Å². The molecule has 0 saturated heterocycles. The third-order valence-electron chi connectivity index (χ3n) is 3.71. The maximum absolute atomic E-state index is 12.1. The minimum Gasteiger partial charge on any atom is -0.330 e. The predicted molar refractivity (Wildman–Crippen MR) is 115 cm³/mol. The molecule has 2 N–H and O–H groups in total. The lowest BCUT2D eigenvalue weighted by atomic mass is 10.2. The Bertz CT molecular complexity index is 1030. The second-order valence-electron chi connectivity index (χ2n) is 5.77. The molecule has 0 saturated carbocycles. The van der Waals surface area contributed by atoms with E-state index in [1.165, 1.54) is 23.1 Å². The van der Waals surface area contributed by atoms with Crippen LogP contribution in [0, 0.1) is 18.3 Å². The molecular formula is C19H16ClN5OS2. The Morgan fingerprint density at radius 2 is 2.11 bits per heavy atom. The number of benzene rings is 2. The van der Waals surface area contributed by atoms with Gasteiger partial charge in [0.2, 0.25) is 11.0 Å². The monoisotopic (exact) mass is 429 g/mol. The molecular weight excluding hydrogens is 414 g/mol. The minimum absolute atomic E-state index is 0.146. The van der Waals surface area contributed by atoms with Gasteiger partial charge in [0.25, 0.3) is 0 Å². The molecule has 142 valence electrons. The molecule has 3 rings (SSSR count). The second-order valence-corrected chi connectivity index (χ2v) is 8.49. The molecule has 0 aliphatic rings. The highest BCUT2D eigenvalue weighted by molar-refractivity contribution is 8.01. The van der Waals surface area contributed by atoms with Crippen molar-refractivity contribution in [2.24, 2.45) is 0 Å². The van der Waals surface area contributed by atoms with E-state index in [1.54, 1.807) is 24.3 Å². The van der Waals surface area contributed by atoms with Crippen LogP contribution >= 0.6 is 34.7 Å². The van der Waals surface area contributed by atoms with Crippen molar-refractivity contribution in [2.75, 3.05) is 16.4 Å². The summed E-state index contributed by atoms with van der Waals surface area (Å²) >= 11 is 9.00. The molecule has 0 bridgehead atoms. The van der Waals surface area contributed by atoms with Crippen LogP contribution in [0.15, 0.2) is 46.8 Å². The number of anilines is 3. The third-order valence-corrected chi connectivity index (χ3v) is 6.09. The van der Waals surface area contributed by atoms with Crippen LogP contribution in [0.4, 0.5) is 16.5 Å². The molecule has 0 aliphatic carbocycles. The number of aryl methyl sites for hydroxylation is 1. The van der Waals surface area contributed by atoms with E-state index in [-0.39, 0.29) is 5.91 Å². The van der Waals surface area contributed by atoms with E-state index in [0.29, 0.717) is 33.6 Å². The number of carbonyl (C=O) groups excluding carboxylic acids is 1. The largest absolute Gasteiger partial charge is 0.330 e. The molecule has 0 radical (unpaired) electrons. The van der Waals surface area contributed by atoms with E-state index in [9.17, 15) is 4.79 Å². The average molecular weight is 430 g/mol. The van der Waals surface area contributed by atoms with E-state index in [0.717, 1.165) is 15.6 Å². The Hall–Kier alpha value is -2.60. The van der Waals surface area contributed by atoms with Crippen molar-refractivity contribution in [2.45, 2.75) is 17.7 Å². The molecule has 2 aromatic carbocycles. The molecule has 0 fully saturated rings. The summed E-state index contributed by atoms with van der Waals surface area (Å²) in [6, 6.07) is 14.7. The van der Waals surface area contributed by atoms with Crippen LogP contribution in [0.25, 0.3) is 0 Å². The number of carbonyl (C=O) groups is 1. The van der Waals surface area contributed by atoms with Gasteiger partial charge >= 0.3 is 0 Å². The zero-order valence-corrected chi connectivity index (χ0v) is 17.3. The fraction of sp³-hybridized carbons (Fsp3) is 0.158. The number of thioether (sulfide) groups is 1. The summed E-state index contributed by atoms with van der Waals surface area (Å²) in [5.74, 6) is 0.415. The lowest BCUT2D eigenvalue weighted by Crippen LogP contribution is -2.13. The molecule has 1 amide bonds. The number of amides is 1. The second kappa shape index (κ2) is 9.55. The van der Waals surface area contributed by atoms with Crippen LogP contribution in [-0.4, -0.2) is 21.9 Å². The van der Waals surface area contributed by atoms with E-state index in [2.05, 4.69) is 26.9 Å². The van der Waals surface area contributed by atoms with Crippen LogP contribution in [0.1, 0.15) is 17.5 Å². The van der Waals surface area contributed by atoms with Crippen LogP contribution in [0.2, 0.25) is 5.02 Å². The van der Waals surface area contributed by atoms with Gasteiger partial charge in [0.05, 0.1) is 11.3 Å². The van der Waals surface area contributed by atoms with Crippen molar-refractivity contribution in [3.05, 3.63) is 58.6 Å². The topological polar surface area (TPSA) is 90.7 Å². The van der Waals surface area contributed by atoms with Gasteiger partial charge in [0, 0.05) is 22.9 Å². The number of nitrogens with zero attached hydrogens (tertiary/aromatic N) is 3. The van der Waals surface area contributed by atoms with Gasteiger partial charge < -0.3 is 10.6 Å². The minimum atomic E-state index is -0.146. The highest BCUT2D eigenvalue weighted by Gasteiger charge is 2.09. The molecule has 9 heteroatoms. The zero-order chi connectivity index (χ0) is 19.9. The van der Waals surface area contributed by atoms with Gasteiger partial charge in [-0.25, -0.2) is 0 Å². The van der Waals surface area contributed by atoms with Gasteiger partial charge in [-0.15, -0.1) is 10.2 Å². The number of aromatic nitrogens is 2. The Labute approximate surface area is 175 Å². The lowest BCUT2D eigenvalue weighted by Gasteiger charge is -2.06. The van der Waals surface area contributed by atoms with Gasteiger partial charge in [-0.05, 0) is 36.8 Å². The Kier molecular flexibility index (Phi) is 6.87. The van der Waals surface area contributed by atoms with Crippen molar-refractivity contribution in [3.63, 3.8) is 0 Å². The third kappa shape index (κ3) is 5.45.